The summed E-state index contributed by atoms with van der Waals surface area (Å²) in [5.41, 5.74) is 0.674. The molecule has 1 aliphatic heterocycles. The quantitative estimate of drug-likeness (QED) is 0.302. The van der Waals surface area contributed by atoms with E-state index in [1.807, 2.05) is 0 Å². The molecule has 1 N–H and O–H groups in total. The lowest BCUT2D eigenvalue weighted by molar-refractivity contribution is -0.132. The number of nitrogens with zero attached hydrogens (tertiary/aromatic N) is 1. The minimum Gasteiger partial charge on any atom is -0.507 e. The van der Waals surface area contributed by atoms with E-state index < -0.39 is 35.1 Å². The van der Waals surface area contributed by atoms with Crippen LogP contribution in [0.3, 0.4) is 0 Å². The van der Waals surface area contributed by atoms with E-state index in [9.17, 15) is 23.5 Å². The number of aliphatic hydroxyl groups is 1. The van der Waals surface area contributed by atoms with Gasteiger partial charge in [-0.25, -0.2) is 8.78 Å². The number of hydrogen-bond donors (Lipinski definition) is 1. The summed E-state index contributed by atoms with van der Waals surface area (Å²) in [5.74, 6) is -4.43. The molecule has 9 heteroatoms. The Balaban J connectivity index is 2.00. The lowest BCUT2D eigenvalue weighted by Gasteiger charge is -2.25. The molecule has 0 bridgehead atoms. The number of thiophene rings is 1. The Morgan fingerprint density at radius 1 is 1.12 bits per heavy atom. The normalized spacial score (nSPS) is 17.8. The Labute approximate surface area is 191 Å². The highest BCUT2D eigenvalue weighted by atomic mass is 35.5. The summed E-state index contributed by atoms with van der Waals surface area (Å²) < 4.78 is 32.8. The molecule has 164 valence electrons. The molecule has 3 aromatic rings. The van der Waals surface area contributed by atoms with E-state index >= 15 is 0 Å². The van der Waals surface area contributed by atoms with Crippen molar-refractivity contribution in [2.75, 3.05) is 12.0 Å². The van der Waals surface area contributed by atoms with Crippen molar-refractivity contribution >= 4 is 46.1 Å². The molecule has 1 saturated heterocycles. The van der Waals surface area contributed by atoms with E-state index in [0.717, 1.165) is 22.6 Å². The van der Waals surface area contributed by atoms with Crippen molar-refractivity contribution in [1.82, 2.24) is 0 Å². The number of hydrogen-bond acceptors (Lipinski definition) is 5. The number of carbonyl (C=O) groups excluding carboxylic acids is 2. The molecule has 1 atom stereocenters. The van der Waals surface area contributed by atoms with Crippen molar-refractivity contribution < 1.29 is 28.2 Å². The van der Waals surface area contributed by atoms with Gasteiger partial charge in [0, 0.05) is 21.7 Å². The molecule has 0 saturated carbocycles. The van der Waals surface area contributed by atoms with Crippen molar-refractivity contribution in [3.63, 3.8) is 0 Å². The van der Waals surface area contributed by atoms with Crippen LogP contribution in [0.4, 0.5) is 14.5 Å². The first-order valence-corrected chi connectivity index (χ1v) is 10.6. The lowest BCUT2D eigenvalue weighted by atomic mass is 9.97. The Kier molecular flexibility index (Phi) is 5.75. The van der Waals surface area contributed by atoms with Gasteiger partial charge in [-0.05, 0) is 54.3 Å². The average molecular weight is 476 g/mol. The number of benzene rings is 2. The van der Waals surface area contributed by atoms with Crippen molar-refractivity contribution in [2.24, 2.45) is 0 Å². The van der Waals surface area contributed by atoms with Crippen LogP contribution in [0.5, 0.6) is 5.75 Å². The van der Waals surface area contributed by atoms with Gasteiger partial charge < -0.3 is 9.84 Å². The molecule has 4 rings (SSSR count). The number of aliphatic hydroxyl groups excluding tert-OH is 1. The molecule has 5 nitrogen and oxygen atoms in total. The summed E-state index contributed by atoms with van der Waals surface area (Å²) in [6.07, 6.45) is 0. The van der Waals surface area contributed by atoms with E-state index in [1.165, 1.54) is 36.6 Å². The third kappa shape index (κ3) is 3.55. The SMILES string of the molecule is COc1ccc(Cl)cc1/C(O)=C1/C(=O)C(=O)N(c2ccc(F)c(F)c2)C1c1sccc1C. The second kappa shape index (κ2) is 8.37. The fourth-order valence-corrected chi connectivity index (χ4v) is 4.85. The summed E-state index contributed by atoms with van der Waals surface area (Å²) in [6, 6.07) is 8.16. The van der Waals surface area contributed by atoms with Gasteiger partial charge in [-0.1, -0.05) is 11.6 Å². The van der Waals surface area contributed by atoms with Crippen LogP contribution in [0.25, 0.3) is 5.76 Å². The first-order valence-electron chi connectivity index (χ1n) is 9.38. The Morgan fingerprint density at radius 3 is 2.50 bits per heavy atom. The Hall–Kier alpha value is -3.23. The van der Waals surface area contributed by atoms with E-state index in [0.29, 0.717) is 4.88 Å². The standard InChI is InChI=1S/C23H16ClF2NO4S/c1-11-7-8-32-22(11)19-18(20(28)14-9-12(24)3-6-17(14)31-2)21(29)23(30)27(19)13-4-5-15(25)16(26)10-13/h3-10,19,28H,1-2H3/b20-18-. The van der Waals surface area contributed by atoms with Gasteiger partial charge >= 0.3 is 0 Å². The highest BCUT2D eigenvalue weighted by Gasteiger charge is 2.48. The molecule has 1 unspecified atom stereocenters. The number of methoxy groups -OCH3 is 1. The monoisotopic (exact) mass is 475 g/mol. The maximum absolute atomic E-state index is 14.0. The summed E-state index contributed by atoms with van der Waals surface area (Å²) >= 11 is 7.35. The number of amides is 1. The lowest BCUT2D eigenvalue weighted by Crippen LogP contribution is -2.29. The zero-order valence-electron chi connectivity index (χ0n) is 16.9. The molecule has 1 aromatic heterocycles. The van der Waals surface area contributed by atoms with Crippen molar-refractivity contribution in [3.8, 4) is 5.75 Å². The summed E-state index contributed by atoms with van der Waals surface area (Å²) in [5, 5.41) is 13.2. The van der Waals surface area contributed by atoms with Crippen LogP contribution in [0.2, 0.25) is 5.02 Å². The fraction of sp³-hybridized carbons (Fsp3) is 0.130. The molecule has 2 heterocycles. The van der Waals surface area contributed by atoms with Crippen molar-refractivity contribution in [2.45, 2.75) is 13.0 Å². The van der Waals surface area contributed by atoms with Crippen LogP contribution in [-0.2, 0) is 9.59 Å². The number of carbonyl (C=O) groups is 2. The maximum atomic E-state index is 14.0. The average Bonchev–Trinajstić information content (AvgIpc) is 3.30. The predicted octanol–water partition coefficient (Wildman–Crippen LogP) is 5.62. The number of anilines is 1. The van der Waals surface area contributed by atoms with Gasteiger partial charge in [0.2, 0.25) is 0 Å². The van der Waals surface area contributed by atoms with Gasteiger partial charge in [0.25, 0.3) is 11.7 Å². The molecule has 0 spiro atoms. The van der Waals surface area contributed by atoms with Crippen molar-refractivity contribution in [1.29, 1.82) is 0 Å². The fourth-order valence-electron chi connectivity index (χ4n) is 3.66. The summed E-state index contributed by atoms with van der Waals surface area (Å²) in [4.78, 5) is 27.8. The van der Waals surface area contributed by atoms with E-state index in [-0.39, 0.29) is 27.6 Å². The Bertz CT molecular complexity index is 1290. The van der Waals surface area contributed by atoms with Crippen LogP contribution in [-0.4, -0.2) is 23.9 Å². The second-order valence-corrected chi connectivity index (χ2v) is 8.46. The van der Waals surface area contributed by atoms with Crippen LogP contribution < -0.4 is 9.64 Å². The maximum Gasteiger partial charge on any atom is 0.300 e. The van der Waals surface area contributed by atoms with E-state index in [4.69, 9.17) is 16.3 Å². The molecule has 32 heavy (non-hydrogen) atoms. The zero-order chi connectivity index (χ0) is 23.2. The van der Waals surface area contributed by atoms with Crippen LogP contribution in [0.15, 0.2) is 53.4 Å². The van der Waals surface area contributed by atoms with Crippen molar-refractivity contribution in [3.05, 3.63) is 86.1 Å². The molecular weight excluding hydrogens is 460 g/mol. The third-order valence-corrected chi connectivity index (χ3v) is 6.50. The first kappa shape index (κ1) is 22.0. The smallest absolute Gasteiger partial charge is 0.300 e. The highest BCUT2D eigenvalue weighted by molar-refractivity contribution is 7.10. The number of ether oxygens (including phenoxy) is 1. The first-order chi connectivity index (χ1) is 15.2. The number of Topliss-reactive ketones (excluding diaryl/α,β-unsaturated/α-hetero) is 1. The highest BCUT2D eigenvalue weighted by Crippen LogP contribution is 2.46. The number of aryl methyl sites for hydroxylation is 1. The largest absolute Gasteiger partial charge is 0.507 e. The Morgan fingerprint density at radius 2 is 1.88 bits per heavy atom. The van der Waals surface area contributed by atoms with Crippen LogP contribution in [0, 0.1) is 18.6 Å². The minimum absolute atomic E-state index is 0.0130. The van der Waals surface area contributed by atoms with Crippen LogP contribution in [0.1, 0.15) is 22.0 Å². The molecule has 1 aliphatic rings. The van der Waals surface area contributed by atoms with Gasteiger partial charge in [-0.3, -0.25) is 14.5 Å². The summed E-state index contributed by atoms with van der Waals surface area (Å²) in [7, 11) is 1.39. The molecular formula is C23H16ClF2NO4S. The molecule has 1 amide bonds. The molecule has 1 fully saturated rings. The number of ketones is 1. The summed E-state index contributed by atoms with van der Waals surface area (Å²) in [6.45, 7) is 1.79. The zero-order valence-corrected chi connectivity index (χ0v) is 18.4. The van der Waals surface area contributed by atoms with Gasteiger partial charge in [-0.2, -0.15) is 0 Å². The third-order valence-electron chi connectivity index (χ3n) is 5.19. The topological polar surface area (TPSA) is 66.8 Å². The van der Waals surface area contributed by atoms with E-state index in [2.05, 4.69) is 0 Å². The van der Waals surface area contributed by atoms with Gasteiger partial charge in [-0.15, -0.1) is 11.3 Å². The second-order valence-electron chi connectivity index (χ2n) is 7.08. The molecule has 0 aliphatic carbocycles. The minimum atomic E-state index is -1.16. The van der Waals surface area contributed by atoms with Gasteiger partial charge in [0.15, 0.2) is 11.6 Å². The van der Waals surface area contributed by atoms with Gasteiger partial charge in [0.1, 0.15) is 17.6 Å². The van der Waals surface area contributed by atoms with Crippen LogP contribution >= 0.6 is 22.9 Å². The number of rotatable bonds is 4. The number of halogens is 3. The predicted molar refractivity (Wildman–Crippen MR) is 118 cm³/mol. The molecule has 0 radical (unpaired) electrons. The molecule has 2 aromatic carbocycles. The van der Waals surface area contributed by atoms with Gasteiger partial charge in [0.05, 0.1) is 18.2 Å². The van der Waals surface area contributed by atoms with E-state index in [1.54, 1.807) is 24.4 Å².